The maximum absolute atomic E-state index is 12.4. The van der Waals surface area contributed by atoms with E-state index in [-0.39, 0.29) is 29.1 Å². The fourth-order valence-corrected chi connectivity index (χ4v) is 4.12. The summed E-state index contributed by atoms with van der Waals surface area (Å²) < 4.78 is 25.4. The summed E-state index contributed by atoms with van der Waals surface area (Å²) in [6.07, 6.45) is 0. The first-order chi connectivity index (χ1) is 11.1. The molecule has 2 rings (SSSR count). The SMILES string of the molecule is CCN1C(=O)c2ccc(C(=O)N(C)CC(C)C(=O)O)cc2S1(=O)=O. The van der Waals surface area contributed by atoms with E-state index in [2.05, 4.69) is 0 Å². The van der Waals surface area contributed by atoms with E-state index in [1.807, 2.05) is 0 Å². The molecule has 2 amide bonds. The first-order valence-corrected chi connectivity index (χ1v) is 8.74. The minimum atomic E-state index is -3.94. The number of benzene rings is 1. The summed E-state index contributed by atoms with van der Waals surface area (Å²) in [5, 5.41) is 8.90. The molecule has 130 valence electrons. The van der Waals surface area contributed by atoms with E-state index >= 15 is 0 Å². The summed E-state index contributed by atoms with van der Waals surface area (Å²) in [6.45, 7) is 3.01. The van der Waals surface area contributed by atoms with Crippen molar-refractivity contribution in [1.82, 2.24) is 9.21 Å². The third-order valence-electron chi connectivity index (χ3n) is 3.86. The molecule has 1 atom stereocenters. The van der Waals surface area contributed by atoms with Gasteiger partial charge in [-0.1, -0.05) is 6.92 Å². The molecule has 24 heavy (non-hydrogen) atoms. The molecule has 0 spiro atoms. The molecule has 0 bridgehead atoms. The van der Waals surface area contributed by atoms with Crippen LogP contribution in [0.15, 0.2) is 23.1 Å². The van der Waals surface area contributed by atoms with Crippen molar-refractivity contribution in [2.45, 2.75) is 18.7 Å². The first-order valence-electron chi connectivity index (χ1n) is 7.30. The van der Waals surface area contributed by atoms with Gasteiger partial charge in [0.25, 0.3) is 21.8 Å². The lowest BCUT2D eigenvalue weighted by Gasteiger charge is -2.19. The monoisotopic (exact) mass is 354 g/mol. The second-order valence-electron chi connectivity index (χ2n) is 5.61. The molecule has 1 aromatic rings. The van der Waals surface area contributed by atoms with E-state index in [1.165, 1.54) is 37.1 Å². The van der Waals surface area contributed by atoms with Crippen LogP contribution in [0.5, 0.6) is 0 Å². The van der Waals surface area contributed by atoms with Gasteiger partial charge in [-0.2, -0.15) is 0 Å². The van der Waals surface area contributed by atoms with E-state index in [0.29, 0.717) is 0 Å². The molecule has 1 aliphatic rings. The van der Waals surface area contributed by atoms with Crippen molar-refractivity contribution in [1.29, 1.82) is 0 Å². The Kier molecular flexibility index (Phi) is 4.66. The van der Waals surface area contributed by atoms with Gasteiger partial charge in [-0.05, 0) is 25.1 Å². The van der Waals surface area contributed by atoms with E-state index in [9.17, 15) is 22.8 Å². The number of fused-ring (bicyclic) bond motifs is 1. The number of carbonyl (C=O) groups excluding carboxylic acids is 2. The number of amides is 2. The van der Waals surface area contributed by atoms with Crippen LogP contribution in [-0.4, -0.2) is 60.7 Å². The lowest BCUT2D eigenvalue weighted by Crippen LogP contribution is -2.33. The Labute approximate surface area is 139 Å². The zero-order chi connectivity index (χ0) is 18.2. The lowest BCUT2D eigenvalue weighted by atomic mass is 10.1. The zero-order valence-electron chi connectivity index (χ0n) is 13.5. The molecule has 0 radical (unpaired) electrons. The van der Waals surface area contributed by atoms with Crippen molar-refractivity contribution >= 4 is 27.8 Å². The largest absolute Gasteiger partial charge is 0.481 e. The lowest BCUT2D eigenvalue weighted by molar-refractivity contribution is -0.141. The molecule has 0 saturated carbocycles. The standard InChI is InChI=1S/C15H18N2O6S/c1-4-17-14(19)11-6-5-10(7-12(11)24(17,22)23)13(18)16(3)8-9(2)15(20)21/h5-7,9H,4,8H2,1-3H3,(H,20,21). The molecule has 1 aliphatic heterocycles. The summed E-state index contributed by atoms with van der Waals surface area (Å²) in [5.74, 6) is -2.91. The Bertz CT molecular complexity index is 817. The number of sulfonamides is 1. The molecule has 1 unspecified atom stereocenters. The van der Waals surface area contributed by atoms with Gasteiger partial charge < -0.3 is 10.0 Å². The maximum atomic E-state index is 12.4. The van der Waals surface area contributed by atoms with Crippen molar-refractivity contribution in [3.05, 3.63) is 29.3 Å². The Morgan fingerprint density at radius 2 is 1.96 bits per heavy atom. The molecule has 1 aromatic carbocycles. The second-order valence-corrected chi connectivity index (χ2v) is 7.44. The van der Waals surface area contributed by atoms with Crippen LogP contribution >= 0.6 is 0 Å². The maximum Gasteiger partial charge on any atom is 0.308 e. The van der Waals surface area contributed by atoms with Crippen LogP contribution in [0.4, 0.5) is 0 Å². The number of carboxylic acids is 1. The summed E-state index contributed by atoms with van der Waals surface area (Å²) in [5.41, 5.74) is 0.123. The highest BCUT2D eigenvalue weighted by Gasteiger charge is 2.40. The van der Waals surface area contributed by atoms with Crippen LogP contribution in [0.1, 0.15) is 34.6 Å². The quantitative estimate of drug-likeness (QED) is 0.830. The van der Waals surface area contributed by atoms with Crippen molar-refractivity contribution in [3.63, 3.8) is 0 Å². The molecule has 1 heterocycles. The first kappa shape index (κ1) is 17.9. The predicted octanol–water partition coefficient (Wildman–Crippen LogP) is 0.644. The van der Waals surface area contributed by atoms with Gasteiger partial charge in [-0.3, -0.25) is 14.4 Å². The van der Waals surface area contributed by atoms with Crippen LogP contribution in [0, 0.1) is 5.92 Å². The van der Waals surface area contributed by atoms with E-state index in [1.54, 1.807) is 6.92 Å². The predicted molar refractivity (Wildman–Crippen MR) is 84.1 cm³/mol. The fourth-order valence-electron chi connectivity index (χ4n) is 2.51. The third-order valence-corrected chi connectivity index (χ3v) is 5.75. The van der Waals surface area contributed by atoms with Crippen molar-refractivity contribution in [2.24, 2.45) is 5.92 Å². The highest BCUT2D eigenvalue weighted by molar-refractivity contribution is 7.90. The molecular formula is C15H18N2O6S. The Morgan fingerprint density at radius 1 is 1.33 bits per heavy atom. The molecule has 0 saturated heterocycles. The van der Waals surface area contributed by atoms with Crippen LogP contribution in [0.2, 0.25) is 0 Å². The fraction of sp³-hybridized carbons (Fsp3) is 0.400. The number of hydrogen-bond donors (Lipinski definition) is 1. The average molecular weight is 354 g/mol. The Hall–Kier alpha value is -2.42. The zero-order valence-corrected chi connectivity index (χ0v) is 14.3. The average Bonchev–Trinajstić information content (AvgIpc) is 2.72. The van der Waals surface area contributed by atoms with Gasteiger partial charge in [0.05, 0.1) is 11.5 Å². The van der Waals surface area contributed by atoms with Crippen LogP contribution in [0.3, 0.4) is 0 Å². The van der Waals surface area contributed by atoms with Crippen molar-refractivity contribution in [2.75, 3.05) is 20.1 Å². The van der Waals surface area contributed by atoms with E-state index in [4.69, 9.17) is 5.11 Å². The third kappa shape index (κ3) is 2.86. The molecule has 0 fully saturated rings. The number of carbonyl (C=O) groups is 3. The highest BCUT2D eigenvalue weighted by Crippen LogP contribution is 2.31. The van der Waals surface area contributed by atoms with Gasteiger partial charge >= 0.3 is 5.97 Å². The molecule has 1 N–H and O–H groups in total. The van der Waals surface area contributed by atoms with E-state index in [0.717, 1.165) is 4.31 Å². The Balaban J connectivity index is 2.35. The van der Waals surface area contributed by atoms with Crippen LogP contribution in [0.25, 0.3) is 0 Å². The highest BCUT2D eigenvalue weighted by atomic mass is 32.2. The van der Waals surface area contributed by atoms with Gasteiger partial charge in [0, 0.05) is 25.7 Å². The minimum absolute atomic E-state index is 0.00908. The molecular weight excluding hydrogens is 336 g/mol. The van der Waals surface area contributed by atoms with Gasteiger partial charge in [0.2, 0.25) is 0 Å². The number of aliphatic carboxylic acids is 1. The Morgan fingerprint density at radius 3 is 2.50 bits per heavy atom. The summed E-state index contributed by atoms with van der Waals surface area (Å²) in [6, 6.07) is 3.85. The van der Waals surface area contributed by atoms with Gasteiger partial charge in [0.1, 0.15) is 4.90 Å². The number of nitrogens with zero attached hydrogens (tertiary/aromatic N) is 2. The van der Waals surface area contributed by atoms with Crippen LogP contribution in [-0.2, 0) is 14.8 Å². The summed E-state index contributed by atoms with van der Waals surface area (Å²) in [7, 11) is -2.51. The van der Waals surface area contributed by atoms with Gasteiger partial charge in [-0.15, -0.1) is 0 Å². The molecule has 0 aliphatic carbocycles. The normalized spacial score (nSPS) is 16.6. The molecule has 0 aromatic heterocycles. The van der Waals surface area contributed by atoms with Gasteiger partial charge in [0.15, 0.2) is 0 Å². The topological polar surface area (TPSA) is 112 Å². The van der Waals surface area contributed by atoms with Crippen molar-refractivity contribution in [3.8, 4) is 0 Å². The minimum Gasteiger partial charge on any atom is -0.481 e. The molecule has 8 nitrogen and oxygen atoms in total. The van der Waals surface area contributed by atoms with Gasteiger partial charge in [-0.25, -0.2) is 12.7 Å². The summed E-state index contributed by atoms with van der Waals surface area (Å²) >= 11 is 0. The second kappa shape index (κ2) is 6.23. The smallest absolute Gasteiger partial charge is 0.308 e. The van der Waals surface area contributed by atoms with E-state index < -0.39 is 33.7 Å². The summed E-state index contributed by atoms with van der Waals surface area (Å²) in [4.78, 5) is 36.3. The van der Waals surface area contributed by atoms with Crippen molar-refractivity contribution < 1.29 is 27.9 Å². The number of rotatable bonds is 5. The van der Waals surface area contributed by atoms with Crippen LogP contribution < -0.4 is 0 Å². The number of carboxylic acid groups (broad SMARTS) is 1. The molecule has 9 heteroatoms. The number of hydrogen-bond acceptors (Lipinski definition) is 5.